The fraction of sp³-hybridized carbons (Fsp3) is 0.261. The van der Waals surface area contributed by atoms with Gasteiger partial charge in [0.25, 0.3) is 5.95 Å². The molecule has 2 heterocycles. The third-order valence-corrected chi connectivity index (χ3v) is 5.36. The second kappa shape index (κ2) is 10.6. The first-order valence-electron chi connectivity index (χ1n) is 10.3. The summed E-state index contributed by atoms with van der Waals surface area (Å²) in [7, 11) is -2.53. The maximum absolute atomic E-state index is 12.7. The van der Waals surface area contributed by atoms with Crippen molar-refractivity contribution in [2.75, 3.05) is 11.5 Å². The minimum atomic E-state index is -2.53. The average Bonchev–Trinajstić information content (AvgIpc) is 3.22. The average molecular weight is 457 g/mol. The van der Waals surface area contributed by atoms with Gasteiger partial charge in [0.2, 0.25) is 5.91 Å². The number of piperidine rings is 1. The molecule has 1 aromatic heterocycles. The van der Waals surface area contributed by atoms with E-state index in [1.807, 2.05) is 54.6 Å². The Morgan fingerprint density at radius 1 is 1.00 bits per heavy atom. The maximum atomic E-state index is 12.7. The quantitative estimate of drug-likeness (QED) is 0.447. The molecule has 0 saturated carbocycles. The van der Waals surface area contributed by atoms with Crippen LogP contribution < -0.4 is 14.2 Å². The molecule has 0 spiro atoms. The largest absolute Gasteiger partial charge is 0.457 e. The SMILES string of the molecule is O=C1CCCC(COCc2ccc(OP(O)O)o2)N1c1ccc(Oc2ccccc2)cc1. The monoisotopic (exact) mass is 457 g/mol. The van der Waals surface area contributed by atoms with Crippen LogP contribution in [-0.2, 0) is 16.1 Å². The van der Waals surface area contributed by atoms with Gasteiger partial charge in [-0.15, -0.1) is 0 Å². The van der Waals surface area contributed by atoms with Crippen LogP contribution in [0.1, 0.15) is 25.0 Å². The van der Waals surface area contributed by atoms with Crippen molar-refractivity contribution in [3.8, 4) is 17.4 Å². The molecular weight excluding hydrogens is 433 g/mol. The van der Waals surface area contributed by atoms with Crippen LogP contribution in [0.3, 0.4) is 0 Å². The number of carbonyl (C=O) groups excluding carboxylic acids is 1. The first-order valence-corrected chi connectivity index (χ1v) is 11.4. The standard InChI is InChI=1S/C23H24NO7P/c25-22-8-4-5-18(15-28-16-21-13-14-23(30-21)31-32(26)27)24(22)17-9-11-20(12-10-17)29-19-6-2-1-3-7-19/h1-3,6-7,9-14,18,26-27H,4-5,8,15-16H2. The zero-order valence-corrected chi connectivity index (χ0v) is 18.2. The van der Waals surface area contributed by atoms with E-state index in [9.17, 15) is 4.79 Å². The van der Waals surface area contributed by atoms with Gasteiger partial charge in [-0.25, -0.2) is 0 Å². The number of carbonyl (C=O) groups is 1. The molecule has 8 nitrogen and oxygen atoms in total. The van der Waals surface area contributed by atoms with Gasteiger partial charge in [0.1, 0.15) is 23.9 Å². The number of nitrogens with zero attached hydrogens (tertiary/aromatic N) is 1. The summed E-state index contributed by atoms with van der Waals surface area (Å²) < 4.78 is 21.7. The van der Waals surface area contributed by atoms with Crippen LogP contribution in [0.15, 0.2) is 71.1 Å². The van der Waals surface area contributed by atoms with Crippen LogP contribution in [0.4, 0.5) is 5.69 Å². The Bertz CT molecular complexity index is 1010. The Kier molecular flexibility index (Phi) is 7.39. The lowest BCUT2D eigenvalue weighted by Crippen LogP contribution is -2.46. The molecule has 1 amide bonds. The molecule has 2 aromatic carbocycles. The summed E-state index contributed by atoms with van der Waals surface area (Å²) in [6.07, 6.45) is 2.15. The van der Waals surface area contributed by atoms with Gasteiger partial charge < -0.3 is 33.1 Å². The first kappa shape index (κ1) is 22.3. The van der Waals surface area contributed by atoms with Crippen molar-refractivity contribution in [3.63, 3.8) is 0 Å². The van der Waals surface area contributed by atoms with Crippen molar-refractivity contribution in [2.24, 2.45) is 0 Å². The Hall–Kier alpha value is -2.90. The van der Waals surface area contributed by atoms with Gasteiger partial charge in [-0.1, -0.05) is 18.2 Å². The van der Waals surface area contributed by atoms with E-state index in [0.29, 0.717) is 24.5 Å². The molecule has 1 aliphatic heterocycles. The van der Waals surface area contributed by atoms with Crippen molar-refractivity contribution >= 4 is 20.2 Å². The predicted molar refractivity (Wildman–Crippen MR) is 118 cm³/mol. The highest BCUT2D eigenvalue weighted by molar-refractivity contribution is 7.39. The molecule has 1 unspecified atom stereocenters. The molecule has 0 bridgehead atoms. The molecule has 9 heteroatoms. The second-order valence-electron chi connectivity index (χ2n) is 7.30. The first-order chi connectivity index (χ1) is 15.6. The van der Waals surface area contributed by atoms with E-state index in [1.165, 1.54) is 6.07 Å². The molecule has 1 aliphatic rings. The highest BCUT2D eigenvalue weighted by Crippen LogP contribution is 2.31. The highest BCUT2D eigenvalue weighted by Gasteiger charge is 2.29. The molecule has 0 aliphatic carbocycles. The summed E-state index contributed by atoms with van der Waals surface area (Å²) >= 11 is 0. The van der Waals surface area contributed by atoms with E-state index in [2.05, 4.69) is 0 Å². The van der Waals surface area contributed by atoms with E-state index >= 15 is 0 Å². The van der Waals surface area contributed by atoms with E-state index in [-0.39, 0.29) is 24.5 Å². The molecule has 1 saturated heterocycles. The number of benzene rings is 2. The summed E-state index contributed by atoms with van der Waals surface area (Å²) in [5.74, 6) is 2.03. The van der Waals surface area contributed by atoms with E-state index in [0.717, 1.165) is 24.3 Å². The van der Waals surface area contributed by atoms with Crippen LogP contribution in [0.2, 0.25) is 0 Å². The Labute approximate surface area is 186 Å². The van der Waals surface area contributed by atoms with E-state index in [4.69, 9.17) is 28.2 Å². The van der Waals surface area contributed by atoms with Crippen molar-refractivity contribution < 1.29 is 33.0 Å². The Morgan fingerprint density at radius 3 is 2.50 bits per heavy atom. The van der Waals surface area contributed by atoms with Crippen molar-refractivity contribution in [1.29, 1.82) is 0 Å². The minimum absolute atomic E-state index is 0.0204. The predicted octanol–water partition coefficient (Wildman–Crippen LogP) is 4.76. The second-order valence-corrected chi connectivity index (χ2v) is 7.99. The van der Waals surface area contributed by atoms with Gasteiger partial charge in [-0.3, -0.25) is 4.79 Å². The van der Waals surface area contributed by atoms with Gasteiger partial charge in [0.05, 0.1) is 12.6 Å². The lowest BCUT2D eigenvalue weighted by Gasteiger charge is -2.35. The number of furan rings is 1. The lowest BCUT2D eigenvalue weighted by atomic mass is 10.0. The van der Waals surface area contributed by atoms with Crippen LogP contribution >= 0.6 is 8.60 Å². The van der Waals surface area contributed by atoms with Crippen LogP contribution in [0.25, 0.3) is 0 Å². The smallest absolute Gasteiger partial charge is 0.393 e. The summed E-state index contributed by atoms with van der Waals surface area (Å²) in [6, 6.07) is 20.0. The van der Waals surface area contributed by atoms with Gasteiger partial charge in [-0.2, -0.15) is 0 Å². The third-order valence-electron chi connectivity index (χ3n) is 5.02. The number of rotatable bonds is 9. The molecule has 2 N–H and O–H groups in total. The topological polar surface area (TPSA) is 102 Å². The number of hydrogen-bond donors (Lipinski definition) is 2. The third kappa shape index (κ3) is 5.87. The molecule has 168 valence electrons. The van der Waals surface area contributed by atoms with Gasteiger partial charge in [-0.05, 0) is 55.3 Å². The molecule has 1 fully saturated rings. The number of anilines is 1. The summed E-state index contributed by atoms with van der Waals surface area (Å²) in [4.78, 5) is 32.2. The Balaban J connectivity index is 1.37. The van der Waals surface area contributed by atoms with Gasteiger partial charge in [0.15, 0.2) is 0 Å². The van der Waals surface area contributed by atoms with Crippen molar-refractivity contribution in [1.82, 2.24) is 0 Å². The molecular formula is C23H24NO7P. The molecule has 3 aromatic rings. The van der Waals surface area contributed by atoms with E-state index < -0.39 is 8.60 Å². The van der Waals surface area contributed by atoms with Crippen molar-refractivity contribution in [2.45, 2.75) is 31.9 Å². The highest BCUT2D eigenvalue weighted by atomic mass is 31.2. The molecule has 0 radical (unpaired) electrons. The molecule has 32 heavy (non-hydrogen) atoms. The van der Waals surface area contributed by atoms with Crippen LogP contribution in [0, 0.1) is 0 Å². The van der Waals surface area contributed by atoms with Gasteiger partial charge >= 0.3 is 8.60 Å². The number of ether oxygens (including phenoxy) is 2. The number of hydrogen-bond acceptors (Lipinski definition) is 7. The molecule has 4 rings (SSSR count). The fourth-order valence-electron chi connectivity index (χ4n) is 3.62. The zero-order chi connectivity index (χ0) is 22.3. The van der Waals surface area contributed by atoms with Crippen LogP contribution in [0.5, 0.6) is 17.4 Å². The normalized spacial score (nSPS) is 16.4. The van der Waals surface area contributed by atoms with Crippen molar-refractivity contribution in [3.05, 3.63) is 72.5 Å². The van der Waals surface area contributed by atoms with Crippen LogP contribution in [-0.4, -0.2) is 28.3 Å². The lowest BCUT2D eigenvalue weighted by molar-refractivity contribution is -0.120. The zero-order valence-electron chi connectivity index (χ0n) is 17.3. The maximum Gasteiger partial charge on any atom is 0.393 e. The Morgan fingerprint density at radius 2 is 1.75 bits per heavy atom. The van der Waals surface area contributed by atoms with Gasteiger partial charge in [0, 0.05) is 18.2 Å². The summed E-state index contributed by atoms with van der Waals surface area (Å²) in [5, 5.41) is 0. The minimum Gasteiger partial charge on any atom is -0.457 e. The fourth-order valence-corrected chi connectivity index (χ4v) is 3.87. The summed E-state index contributed by atoms with van der Waals surface area (Å²) in [6.45, 7) is 0.526. The number of amides is 1. The van der Waals surface area contributed by atoms with E-state index in [1.54, 1.807) is 11.0 Å². The number of para-hydroxylation sites is 1. The molecule has 1 atom stereocenters. The summed E-state index contributed by atoms with van der Waals surface area (Å²) in [5.41, 5.74) is 0.802.